The van der Waals surface area contributed by atoms with Crippen LogP contribution >= 0.6 is 0 Å². The summed E-state index contributed by atoms with van der Waals surface area (Å²) in [6, 6.07) is 56.8. The maximum atomic E-state index is 4.48. The summed E-state index contributed by atoms with van der Waals surface area (Å²) in [6.45, 7) is 0. The zero-order valence-corrected chi connectivity index (χ0v) is 27.8. The van der Waals surface area contributed by atoms with Gasteiger partial charge >= 0.3 is 0 Å². The van der Waals surface area contributed by atoms with Gasteiger partial charge in [0.2, 0.25) is 0 Å². The van der Waals surface area contributed by atoms with Crippen LogP contribution in [0.2, 0.25) is 0 Å². The molecule has 0 N–H and O–H groups in total. The third-order valence-electron chi connectivity index (χ3n) is 10.1. The van der Waals surface area contributed by atoms with E-state index >= 15 is 0 Å². The summed E-state index contributed by atoms with van der Waals surface area (Å²) >= 11 is 0. The number of hydrogen-bond acceptors (Lipinski definition) is 2. The minimum Gasteiger partial charge on any atom is -0.309 e. The predicted molar refractivity (Wildman–Crippen MR) is 211 cm³/mol. The van der Waals surface area contributed by atoms with Crippen molar-refractivity contribution >= 4 is 43.6 Å². The van der Waals surface area contributed by atoms with Gasteiger partial charge in [-0.3, -0.25) is 9.97 Å². The van der Waals surface area contributed by atoms with Crippen LogP contribution in [0.5, 0.6) is 0 Å². The number of benzene rings is 6. The summed E-state index contributed by atoms with van der Waals surface area (Å²) < 4.78 is 4.70. The van der Waals surface area contributed by atoms with Crippen LogP contribution in [0.3, 0.4) is 0 Å². The summed E-state index contributed by atoms with van der Waals surface area (Å²) in [6.07, 6.45) is 8.59. The van der Waals surface area contributed by atoms with Gasteiger partial charge in [-0.05, 0) is 100 Å². The van der Waals surface area contributed by atoms with E-state index < -0.39 is 0 Å². The first kappa shape index (κ1) is 29.2. The molecule has 0 aliphatic rings. The van der Waals surface area contributed by atoms with E-state index in [1.165, 1.54) is 55.2 Å². The molecule has 0 spiro atoms. The summed E-state index contributed by atoms with van der Waals surface area (Å²) in [5.74, 6) is 0. The van der Waals surface area contributed by atoms with Gasteiger partial charge in [0, 0.05) is 57.7 Å². The molecule has 4 heteroatoms. The van der Waals surface area contributed by atoms with E-state index in [-0.39, 0.29) is 0 Å². The summed E-state index contributed by atoms with van der Waals surface area (Å²) in [4.78, 5) is 8.97. The van der Waals surface area contributed by atoms with E-state index in [1.807, 2.05) is 24.8 Å². The predicted octanol–water partition coefficient (Wildman–Crippen LogP) is 11.6. The molecule has 0 aliphatic carbocycles. The van der Waals surface area contributed by atoms with E-state index in [4.69, 9.17) is 0 Å². The largest absolute Gasteiger partial charge is 0.309 e. The Hall–Kier alpha value is -6.78. The van der Waals surface area contributed by atoms with Gasteiger partial charge in [0.25, 0.3) is 0 Å². The van der Waals surface area contributed by atoms with Crippen molar-refractivity contribution < 1.29 is 0 Å². The van der Waals surface area contributed by atoms with Crippen molar-refractivity contribution in [2.24, 2.45) is 0 Å². The first-order chi connectivity index (χ1) is 25.3. The fourth-order valence-corrected chi connectivity index (χ4v) is 7.67. The lowest BCUT2D eigenvalue weighted by Crippen LogP contribution is -1.96. The molecule has 0 fully saturated rings. The van der Waals surface area contributed by atoms with Crippen LogP contribution < -0.4 is 0 Å². The SMILES string of the molecule is c1ccc(-c2ccc3c(c2)c2cnccc2n3-c2ccc(Cc3ccc(-n4c5ccncc5c5cc(-c6ccccc6)ccc54)cc3)cc2)cc1. The van der Waals surface area contributed by atoms with Gasteiger partial charge in [-0.2, -0.15) is 0 Å². The number of hydrogen-bond donors (Lipinski definition) is 0. The van der Waals surface area contributed by atoms with Gasteiger partial charge in [0.05, 0.1) is 22.1 Å². The van der Waals surface area contributed by atoms with E-state index in [0.717, 1.165) is 39.6 Å². The Labute approximate surface area is 295 Å². The Morgan fingerprint density at radius 1 is 0.353 bits per heavy atom. The quantitative estimate of drug-likeness (QED) is 0.179. The molecule has 0 saturated carbocycles. The van der Waals surface area contributed by atoms with Crippen molar-refractivity contribution in [2.75, 3.05) is 0 Å². The number of pyridine rings is 2. The number of fused-ring (bicyclic) bond motifs is 6. The second kappa shape index (κ2) is 12.0. The molecule has 0 radical (unpaired) electrons. The molecule has 4 heterocycles. The lowest BCUT2D eigenvalue weighted by atomic mass is 10.0. The average Bonchev–Trinajstić information content (AvgIpc) is 3.71. The Morgan fingerprint density at radius 3 is 1.20 bits per heavy atom. The smallest absolute Gasteiger partial charge is 0.0571 e. The van der Waals surface area contributed by atoms with E-state index in [2.05, 4.69) is 177 Å². The van der Waals surface area contributed by atoms with Gasteiger partial charge in [-0.15, -0.1) is 0 Å². The summed E-state index contributed by atoms with van der Waals surface area (Å²) in [7, 11) is 0. The Kier molecular flexibility index (Phi) is 6.85. The van der Waals surface area contributed by atoms with E-state index in [0.29, 0.717) is 0 Å². The van der Waals surface area contributed by atoms with Crippen molar-refractivity contribution in [1.29, 1.82) is 0 Å². The molecule has 0 bridgehead atoms. The van der Waals surface area contributed by atoms with Gasteiger partial charge in [-0.25, -0.2) is 0 Å². The molecule has 4 aromatic heterocycles. The first-order valence-corrected chi connectivity index (χ1v) is 17.3. The number of nitrogens with zero attached hydrogens (tertiary/aromatic N) is 4. The minimum atomic E-state index is 0.857. The second-order valence-corrected chi connectivity index (χ2v) is 13.2. The van der Waals surface area contributed by atoms with Crippen LogP contribution in [0, 0.1) is 0 Å². The minimum absolute atomic E-state index is 0.857. The van der Waals surface area contributed by atoms with E-state index in [1.54, 1.807) is 0 Å². The second-order valence-electron chi connectivity index (χ2n) is 13.2. The number of rotatable bonds is 6. The molecule has 6 aromatic carbocycles. The average molecular weight is 653 g/mol. The van der Waals surface area contributed by atoms with Crippen LogP contribution in [0.4, 0.5) is 0 Å². The molecule has 0 atom stereocenters. The highest BCUT2D eigenvalue weighted by molar-refractivity contribution is 6.11. The fourth-order valence-electron chi connectivity index (χ4n) is 7.67. The molecule has 0 unspecified atom stereocenters. The van der Waals surface area contributed by atoms with Gasteiger partial charge in [0.1, 0.15) is 0 Å². The first-order valence-electron chi connectivity index (χ1n) is 17.3. The maximum absolute atomic E-state index is 4.48. The fraction of sp³-hybridized carbons (Fsp3) is 0.0213. The Bertz CT molecular complexity index is 2650. The Balaban J connectivity index is 0.958. The maximum Gasteiger partial charge on any atom is 0.0571 e. The summed E-state index contributed by atoms with van der Waals surface area (Å²) in [5.41, 5.74) is 14.4. The van der Waals surface area contributed by atoms with Crippen molar-refractivity contribution in [3.05, 3.63) is 194 Å². The number of aromatic nitrogens is 4. The topological polar surface area (TPSA) is 35.6 Å². The third kappa shape index (κ3) is 5.00. The van der Waals surface area contributed by atoms with Crippen LogP contribution in [0.1, 0.15) is 11.1 Å². The van der Waals surface area contributed by atoms with Crippen LogP contribution in [-0.4, -0.2) is 19.1 Å². The van der Waals surface area contributed by atoms with Crippen LogP contribution in [0.25, 0.3) is 77.2 Å². The highest BCUT2D eigenvalue weighted by Crippen LogP contribution is 2.36. The van der Waals surface area contributed by atoms with Crippen molar-refractivity contribution in [1.82, 2.24) is 19.1 Å². The molecular weight excluding hydrogens is 621 g/mol. The zero-order chi connectivity index (χ0) is 33.7. The highest BCUT2D eigenvalue weighted by atomic mass is 15.0. The van der Waals surface area contributed by atoms with Gasteiger partial charge < -0.3 is 9.13 Å². The molecule has 0 saturated heterocycles. The zero-order valence-electron chi connectivity index (χ0n) is 27.8. The molecule has 0 amide bonds. The molecule has 51 heavy (non-hydrogen) atoms. The van der Waals surface area contributed by atoms with Crippen molar-refractivity contribution in [2.45, 2.75) is 6.42 Å². The van der Waals surface area contributed by atoms with Gasteiger partial charge in [0.15, 0.2) is 0 Å². The van der Waals surface area contributed by atoms with Crippen molar-refractivity contribution in [3.63, 3.8) is 0 Å². The molecule has 10 rings (SSSR count). The van der Waals surface area contributed by atoms with Crippen LogP contribution in [0.15, 0.2) is 183 Å². The van der Waals surface area contributed by atoms with Gasteiger partial charge in [-0.1, -0.05) is 97.1 Å². The summed E-state index contributed by atoms with van der Waals surface area (Å²) in [5, 5.41) is 4.73. The molecule has 240 valence electrons. The molecule has 4 nitrogen and oxygen atoms in total. The normalized spacial score (nSPS) is 11.6. The van der Waals surface area contributed by atoms with E-state index in [9.17, 15) is 0 Å². The highest BCUT2D eigenvalue weighted by Gasteiger charge is 2.15. The standard InChI is InChI=1S/C47H32N4/c1-3-7-34(8-4-1)36-15-21-44-40(28-36)42-30-48-25-23-46(42)50(44)38-17-11-32(12-18-38)27-33-13-19-39(20-14-33)51-45-22-16-37(35-9-5-2-6-10-35)29-41(45)43-31-49-26-24-47(43)51/h1-26,28-31H,27H2. The molecular formula is C47H32N4. The van der Waals surface area contributed by atoms with Crippen LogP contribution in [-0.2, 0) is 6.42 Å². The van der Waals surface area contributed by atoms with Crippen molar-refractivity contribution in [3.8, 4) is 33.6 Å². The lowest BCUT2D eigenvalue weighted by molar-refractivity contribution is 1.13. The Morgan fingerprint density at radius 2 is 0.765 bits per heavy atom. The third-order valence-corrected chi connectivity index (χ3v) is 10.1. The monoisotopic (exact) mass is 652 g/mol. The molecule has 10 aromatic rings. The molecule has 0 aliphatic heterocycles. The lowest BCUT2D eigenvalue weighted by Gasteiger charge is -2.11.